The van der Waals surface area contributed by atoms with Crippen molar-refractivity contribution in [2.45, 2.75) is 25.0 Å². The molecule has 0 spiro atoms. The lowest BCUT2D eigenvalue weighted by atomic mass is 10.1. The molecule has 1 aromatic rings. The fourth-order valence-electron chi connectivity index (χ4n) is 1.40. The van der Waals surface area contributed by atoms with Crippen molar-refractivity contribution in [2.24, 2.45) is 0 Å². The molecule has 82 valence electrons. The number of nitriles is 1. The van der Waals surface area contributed by atoms with Gasteiger partial charge in [0.1, 0.15) is 0 Å². The summed E-state index contributed by atoms with van der Waals surface area (Å²) >= 11 is 0. The maximum absolute atomic E-state index is 11.5. The van der Waals surface area contributed by atoms with Gasteiger partial charge in [0.2, 0.25) is 0 Å². The van der Waals surface area contributed by atoms with Gasteiger partial charge in [0.25, 0.3) is 5.91 Å². The topological polar surface area (TPSA) is 73.1 Å². The normalized spacial score (nSPS) is 16.2. The third-order valence-electron chi connectivity index (χ3n) is 2.53. The second kappa shape index (κ2) is 4.33. The molecule has 0 bridgehead atoms. The summed E-state index contributed by atoms with van der Waals surface area (Å²) in [7, 11) is 0. The van der Waals surface area contributed by atoms with Crippen LogP contribution in [-0.4, -0.2) is 17.1 Å². The van der Waals surface area contributed by atoms with Gasteiger partial charge in [0.15, 0.2) is 6.10 Å². The Morgan fingerprint density at radius 2 is 2.06 bits per heavy atom. The minimum Gasteiger partial charge on any atom is -0.378 e. The summed E-state index contributed by atoms with van der Waals surface area (Å²) in [6, 6.07) is 8.58. The number of nitrogens with zero attached hydrogens (tertiary/aromatic N) is 1. The molecule has 1 amide bonds. The summed E-state index contributed by atoms with van der Waals surface area (Å²) in [5, 5.41) is 21.1. The van der Waals surface area contributed by atoms with E-state index in [-0.39, 0.29) is 11.9 Å². The highest BCUT2D eigenvalue weighted by atomic mass is 16.3. The highest BCUT2D eigenvalue weighted by molar-refractivity contribution is 5.82. The summed E-state index contributed by atoms with van der Waals surface area (Å²) in [4.78, 5) is 11.5. The quantitative estimate of drug-likeness (QED) is 0.787. The van der Waals surface area contributed by atoms with Crippen LogP contribution in [0.2, 0.25) is 0 Å². The molecule has 4 nitrogen and oxygen atoms in total. The molecule has 1 fully saturated rings. The van der Waals surface area contributed by atoms with Gasteiger partial charge in [-0.25, -0.2) is 0 Å². The third kappa shape index (κ3) is 2.38. The molecule has 2 rings (SSSR count). The van der Waals surface area contributed by atoms with Crippen LogP contribution < -0.4 is 5.32 Å². The van der Waals surface area contributed by atoms with Gasteiger partial charge >= 0.3 is 0 Å². The molecule has 1 aliphatic rings. The molecule has 0 saturated heterocycles. The highest BCUT2D eigenvalue weighted by Gasteiger charge is 2.27. The third-order valence-corrected chi connectivity index (χ3v) is 2.53. The first-order valence-corrected chi connectivity index (χ1v) is 5.19. The number of aliphatic hydroxyl groups is 1. The predicted octanol–water partition coefficient (Wildman–Crippen LogP) is 0.870. The monoisotopic (exact) mass is 216 g/mol. The molecule has 0 heterocycles. The van der Waals surface area contributed by atoms with Gasteiger partial charge < -0.3 is 10.4 Å². The van der Waals surface area contributed by atoms with E-state index in [1.165, 1.54) is 0 Å². The molecule has 1 aliphatic carbocycles. The molecule has 1 atom stereocenters. The van der Waals surface area contributed by atoms with Crippen LogP contribution in [0, 0.1) is 11.3 Å². The molecule has 1 aromatic carbocycles. The first-order valence-electron chi connectivity index (χ1n) is 5.19. The second-order valence-corrected chi connectivity index (χ2v) is 3.92. The minimum absolute atomic E-state index is 0.237. The lowest BCUT2D eigenvalue weighted by Gasteiger charge is -2.10. The van der Waals surface area contributed by atoms with Crippen LogP contribution in [0.25, 0.3) is 0 Å². The number of hydrogen-bond donors (Lipinski definition) is 2. The maximum atomic E-state index is 11.5. The summed E-state index contributed by atoms with van der Waals surface area (Å²) in [5.41, 5.74) is 1.02. The zero-order valence-electron chi connectivity index (χ0n) is 8.68. The van der Waals surface area contributed by atoms with Crippen molar-refractivity contribution in [3.8, 4) is 6.07 Å². The zero-order chi connectivity index (χ0) is 11.5. The van der Waals surface area contributed by atoms with Gasteiger partial charge in [0, 0.05) is 6.04 Å². The van der Waals surface area contributed by atoms with E-state index in [0.29, 0.717) is 11.1 Å². The molecule has 1 unspecified atom stereocenters. The Bertz CT molecular complexity index is 429. The standard InChI is InChI=1S/C12H12N2O2/c13-7-8-1-3-9(4-2-8)11(15)12(16)14-10-5-6-10/h1-4,10-11,15H,5-6H2,(H,14,16). The lowest BCUT2D eigenvalue weighted by Crippen LogP contribution is -2.30. The van der Waals surface area contributed by atoms with Gasteiger partial charge in [0.05, 0.1) is 11.6 Å². The van der Waals surface area contributed by atoms with Crippen molar-refractivity contribution in [1.82, 2.24) is 5.32 Å². The number of carbonyl (C=O) groups is 1. The molecule has 4 heteroatoms. The molecule has 0 radical (unpaired) electrons. The summed E-state index contributed by atoms with van der Waals surface area (Å²) in [6.07, 6.45) is 0.839. The van der Waals surface area contributed by atoms with Gasteiger partial charge in [-0.15, -0.1) is 0 Å². The Hall–Kier alpha value is -1.86. The van der Waals surface area contributed by atoms with E-state index in [1.807, 2.05) is 6.07 Å². The first-order chi connectivity index (χ1) is 7.70. The zero-order valence-corrected chi connectivity index (χ0v) is 8.68. The molecule has 2 N–H and O–H groups in total. The van der Waals surface area contributed by atoms with E-state index in [4.69, 9.17) is 5.26 Å². The summed E-state index contributed by atoms with van der Waals surface area (Å²) < 4.78 is 0. The smallest absolute Gasteiger partial charge is 0.253 e. The lowest BCUT2D eigenvalue weighted by molar-refractivity contribution is -0.129. The second-order valence-electron chi connectivity index (χ2n) is 3.92. The number of aliphatic hydroxyl groups excluding tert-OH is 1. The van der Waals surface area contributed by atoms with Crippen LogP contribution >= 0.6 is 0 Å². The number of nitrogens with one attached hydrogen (secondary N) is 1. The molecule has 0 aliphatic heterocycles. The van der Waals surface area contributed by atoms with Crippen LogP contribution in [0.3, 0.4) is 0 Å². The Labute approximate surface area is 93.5 Å². The number of carbonyl (C=O) groups excluding carboxylic acids is 1. The van der Waals surface area contributed by atoms with Gasteiger partial charge in [-0.05, 0) is 30.5 Å². The molecule has 16 heavy (non-hydrogen) atoms. The number of hydrogen-bond acceptors (Lipinski definition) is 3. The largest absolute Gasteiger partial charge is 0.378 e. The van der Waals surface area contributed by atoms with Crippen LogP contribution in [0.4, 0.5) is 0 Å². The summed E-state index contributed by atoms with van der Waals surface area (Å²) in [5.74, 6) is -0.368. The highest BCUT2D eigenvalue weighted by Crippen LogP contribution is 2.21. The Morgan fingerprint density at radius 3 is 2.56 bits per heavy atom. The van der Waals surface area contributed by atoms with Gasteiger partial charge in [-0.1, -0.05) is 12.1 Å². The van der Waals surface area contributed by atoms with E-state index in [2.05, 4.69) is 5.32 Å². The minimum atomic E-state index is -1.15. The first kappa shape index (κ1) is 10.7. The van der Waals surface area contributed by atoms with Crippen molar-refractivity contribution in [3.05, 3.63) is 35.4 Å². The Balaban J connectivity index is 2.04. The van der Waals surface area contributed by atoms with E-state index in [1.54, 1.807) is 24.3 Å². The maximum Gasteiger partial charge on any atom is 0.253 e. The fraction of sp³-hybridized carbons (Fsp3) is 0.333. The van der Waals surface area contributed by atoms with Gasteiger partial charge in [-0.3, -0.25) is 4.79 Å². The average Bonchev–Trinajstić information content (AvgIpc) is 3.12. The molecule has 1 saturated carbocycles. The van der Waals surface area contributed by atoms with E-state index < -0.39 is 6.10 Å². The number of amides is 1. The molecule has 0 aromatic heterocycles. The van der Waals surface area contributed by atoms with E-state index >= 15 is 0 Å². The van der Waals surface area contributed by atoms with Crippen molar-refractivity contribution >= 4 is 5.91 Å². The van der Waals surface area contributed by atoms with Crippen LogP contribution in [0.15, 0.2) is 24.3 Å². The van der Waals surface area contributed by atoms with E-state index in [9.17, 15) is 9.90 Å². The van der Waals surface area contributed by atoms with Crippen molar-refractivity contribution in [1.29, 1.82) is 5.26 Å². The fourth-order valence-corrected chi connectivity index (χ4v) is 1.40. The molecular formula is C12H12N2O2. The number of rotatable bonds is 3. The SMILES string of the molecule is N#Cc1ccc(C(O)C(=O)NC2CC2)cc1. The van der Waals surface area contributed by atoms with Crippen LogP contribution in [0.1, 0.15) is 30.1 Å². The number of benzene rings is 1. The average molecular weight is 216 g/mol. The van der Waals surface area contributed by atoms with Crippen molar-refractivity contribution in [3.63, 3.8) is 0 Å². The van der Waals surface area contributed by atoms with E-state index in [0.717, 1.165) is 12.8 Å². The van der Waals surface area contributed by atoms with Gasteiger partial charge in [-0.2, -0.15) is 5.26 Å². The van der Waals surface area contributed by atoms with Crippen molar-refractivity contribution in [2.75, 3.05) is 0 Å². The van der Waals surface area contributed by atoms with Crippen LogP contribution in [0.5, 0.6) is 0 Å². The molecular weight excluding hydrogens is 204 g/mol. The Morgan fingerprint density at radius 1 is 1.44 bits per heavy atom. The van der Waals surface area contributed by atoms with Crippen molar-refractivity contribution < 1.29 is 9.90 Å². The summed E-state index contributed by atoms with van der Waals surface area (Å²) in [6.45, 7) is 0. The Kier molecular flexibility index (Phi) is 2.88. The van der Waals surface area contributed by atoms with Crippen LogP contribution in [-0.2, 0) is 4.79 Å². The predicted molar refractivity (Wildman–Crippen MR) is 57.3 cm³/mol.